The van der Waals surface area contributed by atoms with Crippen molar-refractivity contribution < 1.29 is 0 Å². The summed E-state index contributed by atoms with van der Waals surface area (Å²) in [6.07, 6.45) is 6.24. The van der Waals surface area contributed by atoms with Crippen molar-refractivity contribution >= 4 is 0 Å². The van der Waals surface area contributed by atoms with E-state index in [1.165, 1.54) is 5.56 Å². The molecule has 0 radical (unpaired) electrons. The van der Waals surface area contributed by atoms with E-state index in [0.29, 0.717) is 5.92 Å². The normalized spacial score (nSPS) is 26.8. The quantitative estimate of drug-likeness (QED) is 0.825. The highest BCUT2D eigenvalue weighted by Crippen LogP contribution is 2.41. The zero-order chi connectivity index (χ0) is 13.1. The standard InChI is InChI=1S/C15H16N4/c16-9-14-7-6-13(12-4-2-1-3-5-12)8-15(14)19-11-17-10-18-19/h1-5,10-11,13-15H,6-8H2. The number of rotatable bonds is 2. The predicted octanol–water partition coefficient (Wildman–Crippen LogP) is 2.93. The highest BCUT2D eigenvalue weighted by molar-refractivity contribution is 5.21. The van der Waals surface area contributed by atoms with Gasteiger partial charge in [0.25, 0.3) is 0 Å². The van der Waals surface area contributed by atoms with Crippen LogP contribution in [0.25, 0.3) is 0 Å². The summed E-state index contributed by atoms with van der Waals surface area (Å²) in [6, 6.07) is 13.1. The van der Waals surface area contributed by atoms with Gasteiger partial charge in [-0.1, -0.05) is 30.3 Å². The van der Waals surface area contributed by atoms with Crippen molar-refractivity contribution in [2.24, 2.45) is 5.92 Å². The van der Waals surface area contributed by atoms with E-state index < -0.39 is 0 Å². The third kappa shape index (κ3) is 2.37. The van der Waals surface area contributed by atoms with Gasteiger partial charge in [-0.2, -0.15) is 10.4 Å². The second kappa shape index (κ2) is 5.23. The van der Waals surface area contributed by atoms with Crippen LogP contribution in [0, 0.1) is 17.2 Å². The van der Waals surface area contributed by atoms with Crippen LogP contribution in [0.2, 0.25) is 0 Å². The Labute approximate surface area is 112 Å². The highest BCUT2D eigenvalue weighted by Gasteiger charge is 2.32. The molecule has 0 saturated heterocycles. The van der Waals surface area contributed by atoms with E-state index in [1.54, 1.807) is 12.7 Å². The molecule has 1 aromatic carbocycles. The van der Waals surface area contributed by atoms with Crippen molar-refractivity contribution in [1.29, 1.82) is 5.26 Å². The Bertz CT molecular complexity index is 556. The van der Waals surface area contributed by atoms with Gasteiger partial charge in [0.05, 0.1) is 18.0 Å². The second-order valence-corrected chi connectivity index (χ2v) is 5.10. The molecule has 4 nitrogen and oxygen atoms in total. The van der Waals surface area contributed by atoms with Crippen molar-refractivity contribution in [1.82, 2.24) is 14.8 Å². The van der Waals surface area contributed by atoms with Crippen molar-refractivity contribution in [3.8, 4) is 6.07 Å². The van der Waals surface area contributed by atoms with Crippen LogP contribution in [0.3, 0.4) is 0 Å². The molecule has 1 heterocycles. The van der Waals surface area contributed by atoms with Gasteiger partial charge in [-0.15, -0.1) is 0 Å². The van der Waals surface area contributed by atoms with Gasteiger partial charge < -0.3 is 0 Å². The third-order valence-electron chi connectivity index (χ3n) is 4.03. The highest BCUT2D eigenvalue weighted by atomic mass is 15.3. The Morgan fingerprint density at radius 1 is 1.21 bits per heavy atom. The SMILES string of the molecule is N#CC1CCC(c2ccccc2)CC1n1cncn1. The molecule has 0 N–H and O–H groups in total. The van der Waals surface area contributed by atoms with Gasteiger partial charge >= 0.3 is 0 Å². The lowest BCUT2D eigenvalue weighted by Crippen LogP contribution is -2.26. The van der Waals surface area contributed by atoms with Crippen LogP contribution < -0.4 is 0 Å². The summed E-state index contributed by atoms with van der Waals surface area (Å²) < 4.78 is 1.85. The molecule has 0 aliphatic heterocycles. The zero-order valence-electron chi connectivity index (χ0n) is 10.7. The summed E-state index contributed by atoms with van der Waals surface area (Å²) in [5.41, 5.74) is 1.36. The molecule has 0 bridgehead atoms. The predicted molar refractivity (Wildman–Crippen MR) is 71.2 cm³/mol. The molecule has 1 aromatic heterocycles. The van der Waals surface area contributed by atoms with Gasteiger partial charge in [0, 0.05) is 0 Å². The lowest BCUT2D eigenvalue weighted by Gasteiger charge is -2.32. The first-order chi connectivity index (χ1) is 9.38. The van der Waals surface area contributed by atoms with Crippen molar-refractivity contribution in [3.63, 3.8) is 0 Å². The van der Waals surface area contributed by atoms with Gasteiger partial charge in [-0.05, 0) is 30.7 Å². The minimum Gasteiger partial charge on any atom is -0.249 e. The first-order valence-corrected chi connectivity index (χ1v) is 6.67. The lowest BCUT2D eigenvalue weighted by atomic mass is 9.76. The van der Waals surface area contributed by atoms with E-state index in [4.69, 9.17) is 0 Å². The summed E-state index contributed by atoms with van der Waals surface area (Å²) in [7, 11) is 0. The molecule has 1 saturated carbocycles. The molecule has 1 fully saturated rings. The van der Waals surface area contributed by atoms with Crippen LogP contribution in [0.1, 0.15) is 36.8 Å². The Kier molecular flexibility index (Phi) is 3.28. The summed E-state index contributed by atoms with van der Waals surface area (Å²) in [5.74, 6) is 0.557. The van der Waals surface area contributed by atoms with Crippen LogP contribution in [-0.4, -0.2) is 14.8 Å². The maximum atomic E-state index is 9.31. The molecule has 3 rings (SSSR count). The molecule has 1 aliphatic rings. The Hall–Kier alpha value is -2.15. The van der Waals surface area contributed by atoms with Crippen LogP contribution >= 0.6 is 0 Å². The van der Waals surface area contributed by atoms with E-state index >= 15 is 0 Å². The topological polar surface area (TPSA) is 54.5 Å². The van der Waals surface area contributed by atoms with Crippen LogP contribution in [0.4, 0.5) is 0 Å². The Morgan fingerprint density at radius 2 is 2.05 bits per heavy atom. The summed E-state index contributed by atoms with van der Waals surface area (Å²) in [6.45, 7) is 0. The number of benzene rings is 1. The van der Waals surface area contributed by atoms with Crippen LogP contribution in [-0.2, 0) is 0 Å². The summed E-state index contributed by atoms with van der Waals surface area (Å²) >= 11 is 0. The Balaban J connectivity index is 1.84. The molecule has 0 spiro atoms. The number of hydrogen-bond donors (Lipinski definition) is 0. The summed E-state index contributed by atoms with van der Waals surface area (Å²) in [5, 5.41) is 13.5. The van der Waals surface area contributed by atoms with Gasteiger partial charge in [0.2, 0.25) is 0 Å². The van der Waals surface area contributed by atoms with Crippen LogP contribution in [0.15, 0.2) is 43.0 Å². The van der Waals surface area contributed by atoms with Crippen molar-refractivity contribution in [2.45, 2.75) is 31.2 Å². The van der Waals surface area contributed by atoms with Gasteiger partial charge in [0.1, 0.15) is 12.7 Å². The molecule has 1 aliphatic carbocycles. The molecular formula is C15H16N4. The van der Waals surface area contributed by atoms with Gasteiger partial charge in [0.15, 0.2) is 0 Å². The molecule has 19 heavy (non-hydrogen) atoms. The number of aromatic nitrogens is 3. The minimum absolute atomic E-state index is 0.0432. The Morgan fingerprint density at radius 3 is 2.74 bits per heavy atom. The lowest BCUT2D eigenvalue weighted by molar-refractivity contribution is 0.245. The molecule has 0 amide bonds. The average molecular weight is 252 g/mol. The molecule has 2 aromatic rings. The van der Waals surface area contributed by atoms with Crippen molar-refractivity contribution in [3.05, 3.63) is 48.5 Å². The molecule has 4 heteroatoms. The number of hydrogen-bond acceptors (Lipinski definition) is 3. The smallest absolute Gasteiger partial charge is 0.137 e. The molecular weight excluding hydrogens is 236 g/mol. The van der Waals surface area contributed by atoms with E-state index in [9.17, 15) is 5.26 Å². The third-order valence-corrected chi connectivity index (χ3v) is 4.03. The zero-order valence-corrected chi connectivity index (χ0v) is 10.7. The molecule has 3 atom stereocenters. The van der Waals surface area contributed by atoms with E-state index in [1.807, 2.05) is 10.7 Å². The maximum absolute atomic E-state index is 9.31. The van der Waals surface area contributed by atoms with Gasteiger partial charge in [-0.3, -0.25) is 0 Å². The number of nitrogens with zero attached hydrogens (tertiary/aromatic N) is 4. The van der Waals surface area contributed by atoms with Crippen molar-refractivity contribution in [2.75, 3.05) is 0 Å². The largest absolute Gasteiger partial charge is 0.249 e. The van der Waals surface area contributed by atoms with E-state index in [-0.39, 0.29) is 12.0 Å². The fourth-order valence-corrected chi connectivity index (χ4v) is 3.01. The molecule has 3 unspecified atom stereocenters. The maximum Gasteiger partial charge on any atom is 0.137 e. The van der Waals surface area contributed by atoms with E-state index in [2.05, 4.69) is 40.4 Å². The fourth-order valence-electron chi connectivity index (χ4n) is 3.01. The van der Waals surface area contributed by atoms with Crippen LogP contribution in [0.5, 0.6) is 0 Å². The summed E-state index contributed by atoms with van der Waals surface area (Å²) in [4.78, 5) is 4.01. The average Bonchev–Trinajstić information content (AvgIpc) is 3.01. The first kappa shape index (κ1) is 11.9. The first-order valence-electron chi connectivity index (χ1n) is 6.67. The monoisotopic (exact) mass is 252 g/mol. The molecule has 96 valence electrons. The fraction of sp³-hybridized carbons (Fsp3) is 0.400. The van der Waals surface area contributed by atoms with E-state index in [0.717, 1.165) is 19.3 Å². The van der Waals surface area contributed by atoms with Gasteiger partial charge in [-0.25, -0.2) is 9.67 Å². The second-order valence-electron chi connectivity index (χ2n) is 5.10. The minimum atomic E-state index is 0.0432. The number of nitriles is 1.